The van der Waals surface area contributed by atoms with Gasteiger partial charge < -0.3 is 10.6 Å². The summed E-state index contributed by atoms with van der Waals surface area (Å²) in [5, 5.41) is 6.90. The number of aromatic nitrogens is 1. The molecule has 2 N–H and O–H groups in total. The largest absolute Gasteiger partial charge is 0.381 e. The minimum atomic E-state index is -0.128. The third-order valence-corrected chi connectivity index (χ3v) is 3.57. The number of carbonyl (C=O) groups is 1. The topological polar surface area (TPSA) is 54.0 Å². The molecule has 1 aliphatic carbocycles. The number of nitrogens with zero attached hydrogens (tertiary/aromatic N) is 1. The normalized spacial score (nSPS) is 13.8. The molecule has 0 unspecified atom stereocenters. The van der Waals surface area contributed by atoms with E-state index in [0.717, 1.165) is 11.3 Å². The van der Waals surface area contributed by atoms with Gasteiger partial charge in [-0.15, -0.1) is 0 Å². The Labute approximate surface area is 128 Å². The maximum absolute atomic E-state index is 12.1. The van der Waals surface area contributed by atoms with Crippen LogP contribution in [0.15, 0.2) is 42.7 Å². The van der Waals surface area contributed by atoms with Gasteiger partial charge in [-0.25, -0.2) is 0 Å². The lowest BCUT2D eigenvalue weighted by Crippen LogP contribution is -2.23. The van der Waals surface area contributed by atoms with Gasteiger partial charge >= 0.3 is 0 Å². The molecule has 4 nitrogen and oxygen atoms in total. The summed E-state index contributed by atoms with van der Waals surface area (Å²) in [6, 6.07) is 9.79. The second-order valence-electron chi connectivity index (χ2n) is 5.19. The van der Waals surface area contributed by atoms with Crippen LogP contribution in [0.2, 0.25) is 5.02 Å². The smallest absolute Gasteiger partial charge is 0.253 e. The van der Waals surface area contributed by atoms with Gasteiger partial charge in [-0.05, 0) is 36.6 Å². The molecule has 5 heteroatoms. The lowest BCUT2D eigenvalue weighted by atomic mass is 10.2. The fourth-order valence-electron chi connectivity index (χ4n) is 1.99. The summed E-state index contributed by atoms with van der Waals surface area (Å²) in [5.41, 5.74) is 2.47. The van der Waals surface area contributed by atoms with Gasteiger partial charge in [-0.1, -0.05) is 23.7 Å². The number of anilines is 1. The summed E-state index contributed by atoms with van der Waals surface area (Å²) >= 11 is 5.83. The lowest BCUT2D eigenvalue weighted by Gasteiger charge is -2.08. The zero-order chi connectivity index (χ0) is 14.7. The first-order valence-corrected chi connectivity index (χ1v) is 7.33. The molecular weight excluding hydrogens is 286 g/mol. The fraction of sp³-hybridized carbons (Fsp3) is 0.250. The Bertz CT molecular complexity index is 638. The van der Waals surface area contributed by atoms with Crippen molar-refractivity contribution >= 4 is 23.2 Å². The van der Waals surface area contributed by atoms with Crippen LogP contribution < -0.4 is 10.6 Å². The Balaban J connectivity index is 1.60. The minimum Gasteiger partial charge on any atom is -0.381 e. The third kappa shape index (κ3) is 3.95. The molecule has 1 fully saturated rings. The van der Waals surface area contributed by atoms with Gasteiger partial charge in [0.25, 0.3) is 5.91 Å². The molecule has 1 amide bonds. The van der Waals surface area contributed by atoms with Crippen LogP contribution >= 0.6 is 11.6 Å². The van der Waals surface area contributed by atoms with Crippen molar-refractivity contribution in [1.82, 2.24) is 10.3 Å². The van der Waals surface area contributed by atoms with Crippen molar-refractivity contribution in [3.8, 4) is 0 Å². The Morgan fingerprint density at radius 2 is 2.00 bits per heavy atom. The first kappa shape index (κ1) is 13.9. The molecule has 1 heterocycles. The third-order valence-electron chi connectivity index (χ3n) is 3.31. The molecule has 0 spiro atoms. The molecule has 108 valence electrons. The van der Waals surface area contributed by atoms with Crippen LogP contribution in [-0.2, 0) is 6.54 Å². The molecule has 0 radical (unpaired) electrons. The quantitative estimate of drug-likeness (QED) is 0.891. The van der Waals surface area contributed by atoms with Gasteiger partial charge in [0.05, 0.1) is 11.3 Å². The minimum absolute atomic E-state index is 0.128. The number of carbonyl (C=O) groups excluding carboxylic acids is 1. The summed E-state index contributed by atoms with van der Waals surface area (Å²) in [5.74, 6) is -0.128. The maximum atomic E-state index is 12.1. The lowest BCUT2D eigenvalue weighted by molar-refractivity contribution is 0.0950. The monoisotopic (exact) mass is 301 g/mol. The van der Waals surface area contributed by atoms with Gasteiger partial charge in [0.15, 0.2) is 0 Å². The summed E-state index contributed by atoms with van der Waals surface area (Å²) in [6.07, 6.45) is 5.70. The van der Waals surface area contributed by atoms with E-state index >= 15 is 0 Å². The van der Waals surface area contributed by atoms with E-state index in [1.54, 1.807) is 12.4 Å². The zero-order valence-electron chi connectivity index (χ0n) is 11.5. The van der Waals surface area contributed by atoms with Crippen molar-refractivity contribution < 1.29 is 4.79 Å². The van der Waals surface area contributed by atoms with Crippen LogP contribution in [0, 0.1) is 0 Å². The number of benzene rings is 1. The maximum Gasteiger partial charge on any atom is 0.253 e. The molecule has 1 saturated carbocycles. The highest BCUT2D eigenvalue weighted by Crippen LogP contribution is 2.24. The number of pyridine rings is 1. The number of halogens is 1. The Morgan fingerprint density at radius 1 is 1.24 bits per heavy atom. The Morgan fingerprint density at radius 3 is 2.71 bits per heavy atom. The Kier molecular flexibility index (Phi) is 4.06. The van der Waals surface area contributed by atoms with Crippen molar-refractivity contribution in [3.63, 3.8) is 0 Å². The van der Waals surface area contributed by atoms with Crippen molar-refractivity contribution in [2.45, 2.75) is 25.4 Å². The van der Waals surface area contributed by atoms with Crippen molar-refractivity contribution in [3.05, 3.63) is 58.9 Å². The van der Waals surface area contributed by atoms with Crippen LogP contribution in [0.5, 0.6) is 0 Å². The second kappa shape index (κ2) is 6.14. The summed E-state index contributed by atoms with van der Waals surface area (Å²) < 4.78 is 0. The number of amides is 1. The van der Waals surface area contributed by atoms with Crippen LogP contribution in [0.4, 0.5) is 5.69 Å². The predicted molar refractivity (Wildman–Crippen MR) is 83.5 cm³/mol. The molecule has 0 saturated heterocycles. The standard InChI is InChI=1S/C16H16ClN3O/c17-13-3-1-11(2-4-13)8-19-16(21)12-7-15(10-18-9-12)20-14-5-6-14/h1-4,7,9-10,14,20H,5-6,8H2,(H,19,21). The average Bonchev–Trinajstić information content (AvgIpc) is 3.30. The molecule has 1 aromatic carbocycles. The molecular formula is C16H16ClN3O. The van der Waals surface area contributed by atoms with Gasteiger partial charge in [-0.2, -0.15) is 0 Å². The van der Waals surface area contributed by atoms with Crippen molar-refractivity contribution in [2.24, 2.45) is 0 Å². The molecule has 21 heavy (non-hydrogen) atoms. The summed E-state index contributed by atoms with van der Waals surface area (Å²) in [7, 11) is 0. The van der Waals surface area contributed by atoms with E-state index in [2.05, 4.69) is 15.6 Å². The highest BCUT2D eigenvalue weighted by Gasteiger charge is 2.21. The first-order valence-electron chi connectivity index (χ1n) is 6.95. The van der Waals surface area contributed by atoms with E-state index in [1.165, 1.54) is 12.8 Å². The van der Waals surface area contributed by atoms with Gasteiger partial charge in [0.1, 0.15) is 0 Å². The zero-order valence-corrected chi connectivity index (χ0v) is 12.2. The van der Waals surface area contributed by atoms with Crippen molar-refractivity contribution in [2.75, 3.05) is 5.32 Å². The van der Waals surface area contributed by atoms with E-state index in [9.17, 15) is 4.79 Å². The number of rotatable bonds is 5. The van der Waals surface area contributed by atoms with Crippen LogP contribution in [0.3, 0.4) is 0 Å². The van der Waals surface area contributed by atoms with Gasteiger partial charge in [0, 0.05) is 30.0 Å². The van der Waals surface area contributed by atoms with E-state index in [-0.39, 0.29) is 5.91 Å². The first-order chi connectivity index (χ1) is 10.2. The molecule has 2 aromatic rings. The van der Waals surface area contributed by atoms with E-state index in [0.29, 0.717) is 23.2 Å². The van der Waals surface area contributed by atoms with Crippen LogP contribution in [0.25, 0.3) is 0 Å². The van der Waals surface area contributed by atoms with Crippen molar-refractivity contribution in [1.29, 1.82) is 0 Å². The number of hydrogen-bond acceptors (Lipinski definition) is 3. The van der Waals surface area contributed by atoms with E-state index in [4.69, 9.17) is 11.6 Å². The fourth-order valence-corrected chi connectivity index (χ4v) is 2.12. The van der Waals surface area contributed by atoms with Gasteiger partial charge in [0.2, 0.25) is 0 Å². The molecule has 0 aliphatic heterocycles. The van der Waals surface area contributed by atoms with E-state index in [1.807, 2.05) is 30.3 Å². The molecule has 1 aromatic heterocycles. The average molecular weight is 302 g/mol. The summed E-state index contributed by atoms with van der Waals surface area (Å²) in [4.78, 5) is 16.2. The molecule has 3 rings (SSSR count). The molecule has 0 atom stereocenters. The highest BCUT2D eigenvalue weighted by atomic mass is 35.5. The predicted octanol–water partition coefficient (Wildman–Crippen LogP) is 3.24. The number of nitrogens with one attached hydrogen (secondary N) is 2. The van der Waals surface area contributed by atoms with Crippen LogP contribution in [0.1, 0.15) is 28.8 Å². The molecule has 1 aliphatic rings. The van der Waals surface area contributed by atoms with E-state index < -0.39 is 0 Å². The highest BCUT2D eigenvalue weighted by molar-refractivity contribution is 6.30. The van der Waals surface area contributed by atoms with Gasteiger partial charge in [-0.3, -0.25) is 9.78 Å². The Hall–Kier alpha value is -2.07. The molecule has 0 bridgehead atoms. The summed E-state index contributed by atoms with van der Waals surface area (Å²) in [6.45, 7) is 0.469. The SMILES string of the molecule is O=C(NCc1ccc(Cl)cc1)c1cncc(NC2CC2)c1. The van der Waals surface area contributed by atoms with Crippen LogP contribution in [-0.4, -0.2) is 16.9 Å². The second-order valence-corrected chi connectivity index (χ2v) is 5.63. The number of hydrogen-bond donors (Lipinski definition) is 2.